The molecule has 1 N–H and O–H groups in total. The molecule has 0 saturated carbocycles. The first-order valence-corrected chi connectivity index (χ1v) is 4.46. The number of phenolic OH excluding ortho intramolecular Hbond substituents is 1. The average molecular weight is 196 g/mol. The zero-order valence-corrected chi connectivity index (χ0v) is 8.11. The van der Waals surface area contributed by atoms with Gasteiger partial charge in [0.25, 0.3) is 0 Å². The number of methoxy groups -OCH3 is 1. The predicted octanol–water partition coefficient (Wildman–Crippen LogP) is 1.87. The van der Waals surface area contributed by atoms with Crippen LogP contribution in [-0.2, 0) is 4.74 Å². The van der Waals surface area contributed by atoms with E-state index in [1.807, 2.05) is 6.92 Å². The van der Waals surface area contributed by atoms with Crippen LogP contribution in [0.2, 0.25) is 0 Å². The third kappa shape index (κ3) is 1.19. The Morgan fingerprint density at radius 2 is 2.21 bits per heavy atom. The van der Waals surface area contributed by atoms with Gasteiger partial charge in [0.2, 0.25) is 5.75 Å². The molecule has 1 aliphatic rings. The smallest absolute Gasteiger partial charge is 0.371 e. The van der Waals surface area contributed by atoms with Crippen molar-refractivity contribution in [1.82, 2.24) is 0 Å². The van der Waals surface area contributed by atoms with Crippen LogP contribution in [0, 0.1) is 0 Å². The van der Waals surface area contributed by atoms with Crippen LogP contribution in [0.3, 0.4) is 0 Å². The second-order valence-electron chi connectivity index (χ2n) is 3.05. The molecule has 0 saturated heterocycles. The summed E-state index contributed by atoms with van der Waals surface area (Å²) < 4.78 is 16.0. The lowest BCUT2D eigenvalue weighted by atomic mass is 10.3. The molecule has 4 heteroatoms. The maximum atomic E-state index is 9.49. The molecule has 1 unspecified atom stereocenters. The minimum Gasteiger partial charge on any atom is -0.504 e. The maximum Gasteiger partial charge on any atom is 0.371 e. The van der Waals surface area contributed by atoms with E-state index in [9.17, 15) is 5.11 Å². The molecule has 0 bridgehead atoms. The van der Waals surface area contributed by atoms with E-state index in [0.29, 0.717) is 17.9 Å². The summed E-state index contributed by atoms with van der Waals surface area (Å²) in [6.45, 7) is 1.88. The van der Waals surface area contributed by atoms with Crippen molar-refractivity contribution in [2.45, 2.75) is 19.3 Å². The first-order chi connectivity index (χ1) is 6.71. The van der Waals surface area contributed by atoms with Crippen LogP contribution in [0.4, 0.5) is 0 Å². The highest BCUT2D eigenvalue weighted by atomic mass is 16.9. The van der Waals surface area contributed by atoms with Gasteiger partial charge in [-0.2, -0.15) is 0 Å². The van der Waals surface area contributed by atoms with Crippen molar-refractivity contribution < 1.29 is 19.3 Å². The minimum atomic E-state index is -1.08. The summed E-state index contributed by atoms with van der Waals surface area (Å²) in [6.07, 6.45) is 0.539. The number of phenols is 1. The van der Waals surface area contributed by atoms with Crippen LogP contribution in [0.15, 0.2) is 18.2 Å². The molecule has 1 aromatic carbocycles. The number of ether oxygens (including phenoxy) is 3. The zero-order valence-electron chi connectivity index (χ0n) is 8.11. The third-order valence-electron chi connectivity index (χ3n) is 2.23. The van der Waals surface area contributed by atoms with Gasteiger partial charge in [-0.05, 0) is 12.1 Å². The van der Waals surface area contributed by atoms with Crippen molar-refractivity contribution in [3.05, 3.63) is 18.2 Å². The lowest BCUT2D eigenvalue weighted by Gasteiger charge is -2.23. The quantitative estimate of drug-likeness (QED) is 0.784. The highest BCUT2D eigenvalue weighted by Gasteiger charge is 2.41. The minimum absolute atomic E-state index is 0.0647. The number of hydrogen-bond donors (Lipinski definition) is 1. The molecule has 0 amide bonds. The highest BCUT2D eigenvalue weighted by molar-refractivity contribution is 5.52. The molecule has 1 atom stereocenters. The van der Waals surface area contributed by atoms with Crippen molar-refractivity contribution in [3.8, 4) is 17.2 Å². The fourth-order valence-electron chi connectivity index (χ4n) is 1.40. The van der Waals surface area contributed by atoms with Gasteiger partial charge in [0, 0.05) is 7.11 Å². The number of hydrogen-bond acceptors (Lipinski definition) is 4. The van der Waals surface area contributed by atoms with E-state index in [2.05, 4.69) is 0 Å². The zero-order chi connectivity index (χ0) is 10.2. The molecule has 1 heterocycles. The molecule has 0 radical (unpaired) electrons. The van der Waals surface area contributed by atoms with E-state index >= 15 is 0 Å². The van der Waals surface area contributed by atoms with E-state index in [-0.39, 0.29) is 5.75 Å². The van der Waals surface area contributed by atoms with Gasteiger partial charge in [-0.3, -0.25) is 0 Å². The number of para-hydroxylation sites is 1. The Kier molecular flexibility index (Phi) is 2.00. The maximum absolute atomic E-state index is 9.49. The Morgan fingerprint density at radius 1 is 1.43 bits per heavy atom. The molecule has 14 heavy (non-hydrogen) atoms. The second kappa shape index (κ2) is 3.06. The van der Waals surface area contributed by atoms with Gasteiger partial charge < -0.3 is 19.3 Å². The number of rotatable bonds is 2. The summed E-state index contributed by atoms with van der Waals surface area (Å²) in [5, 5.41) is 9.49. The largest absolute Gasteiger partial charge is 0.504 e. The van der Waals surface area contributed by atoms with Crippen molar-refractivity contribution in [3.63, 3.8) is 0 Å². The summed E-state index contributed by atoms with van der Waals surface area (Å²) in [5.41, 5.74) is 0. The molecule has 1 aromatic rings. The fourth-order valence-corrected chi connectivity index (χ4v) is 1.40. The van der Waals surface area contributed by atoms with Gasteiger partial charge in [-0.25, -0.2) is 0 Å². The Hall–Kier alpha value is -1.42. The van der Waals surface area contributed by atoms with Crippen LogP contribution < -0.4 is 9.47 Å². The van der Waals surface area contributed by atoms with E-state index in [4.69, 9.17) is 14.2 Å². The molecule has 0 aromatic heterocycles. The molecule has 0 aliphatic carbocycles. The topological polar surface area (TPSA) is 47.9 Å². The summed E-state index contributed by atoms with van der Waals surface area (Å²) in [4.78, 5) is 0. The molecule has 2 rings (SSSR count). The Balaban J connectivity index is 2.38. The molecule has 4 nitrogen and oxygen atoms in total. The Bertz CT molecular complexity index is 344. The standard InChI is InChI=1S/C10H12O4/c1-3-10(12-2)13-8-6-4-5-7(11)9(8)14-10/h4-6,11H,3H2,1-2H3. The Labute approximate surface area is 82.0 Å². The molecule has 0 spiro atoms. The molecule has 76 valence electrons. The lowest BCUT2D eigenvalue weighted by Crippen LogP contribution is -2.39. The van der Waals surface area contributed by atoms with E-state index in [1.54, 1.807) is 18.2 Å². The molecule has 0 fully saturated rings. The van der Waals surface area contributed by atoms with E-state index in [0.717, 1.165) is 0 Å². The summed E-state index contributed by atoms with van der Waals surface area (Å²) in [6, 6.07) is 4.97. The normalized spacial score (nSPS) is 23.9. The van der Waals surface area contributed by atoms with Crippen LogP contribution in [0.1, 0.15) is 13.3 Å². The molecular weight excluding hydrogens is 184 g/mol. The van der Waals surface area contributed by atoms with Crippen LogP contribution in [0.5, 0.6) is 17.2 Å². The van der Waals surface area contributed by atoms with Gasteiger partial charge in [-0.1, -0.05) is 13.0 Å². The third-order valence-corrected chi connectivity index (χ3v) is 2.23. The van der Waals surface area contributed by atoms with E-state index < -0.39 is 5.97 Å². The highest BCUT2D eigenvalue weighted by Crippen LogP contribution is 2.46. The predicted molar refractivity (Wildman–Crippen MR) is 49.4 cm³/mol. The van der Waals surface area contributed by atoms with Gasteiger partial charge in [0.05, 0.1) is 6.42 Å². The lowest BCUT2D eigenvalue weighted by molar-refractivity contribution is -0.269. The SMILES string of the molecule is CCC1(OC)Oc2cccc(O)c2O1. The first-order valence-electron chi connectivity index (χ1n) is 4.46. The van der Waals surface area contributed by atoms with Gasteiger partial charge >= 0.3 is 5.97 Å². The summed E-state index contributed by atoms with van der Waals surface area (Å²) in [7, 11) is 1.51. The number of aromatic hydroxyl groups is 1. The molecule has 1 aliphatic heterocycles. The molecular formula is C10H12O4. The van der Waals surface area contributed by atoms with Gasteiger partial charge in [0.15, 0.2) is 11.5 Å². The van der Waals surface area contributed by atoms with E-state index in [1.165, 1.54) is 7.11 Å². The van der Waals surface area contributed by atoms with Gasteiger partial charge in [0.1, 0.15) is 0 Å². The monoisotopic (exact) mass is 196 g/mol. The van der Waals surface area contributed by atoms with Crippen LogP contribution in [-0.4, -0.2) is 18.2 Å². The second-order valence-corrected chi connectivity index (χ2v) is 3.05. The van der Waals surface area contributed by atoms with Crippen molar-refractivity contribution in [2.24, 2.45) is 0 Å². The summed E-state index contributed by atoms with van der Waals surface area (Å²) in [5.74, 6) is -0.166. The fraction of sp³-hybridized carbons (Fsp3) is 0.400. The van der Waals surface area contributed by atoms with Crippen LogP contribution in [0.25, 0.3) is 0 Å². The first kappa shape index (κ1) is 9.15. The van der Waals surface area contributed by atoms with Crippen LogP contribution >= 0.6 is 0 Å². The average Bonchev–Trinajstić information content (AvgIpc) is 2.59. The van der Waals surface area contributed by atoms with Gasteiger partial charge in [-0.15, -0.1) is 0 Å². The number of benzene rings is 1. The number of fused-ring (bicyclic) bond motifs is 1. The van der Waals surface area contributed by atoms with Crippen molar-refractivity contribution in [2.75, 3.05) is 7.11 Å². The summed E-state index contributed by atoms with van der Waals surface area (Å²) >= 11 is 0. The van der Waals surface area contributed by atoms with Crippen molar-refractivity contribution in [1.29, 1.82) is 0 Å². The van der Waals surface area contributed by atoms with Crippen molar-refractivity contribution >= 4 is 0 Å². The Morgan fingerprint density at radius 3 is 2.79 bits per heavy atom.